The number of allylic oxidation sites excluding steroid dienone is 1. The Morgan fingerprint density at radius 2 is 1.95 bits per heavy atom. The minimum absolute atomic E-state index is 0.0885. The Kier molecular flexibility index (Phi) is 5.40. The molecule has 8 rings (SSSR count). The second kappa shape index (κ2) is 8.83. The number of H-pyrrole nitrogens is 1. The van der Waals surface area contributed by atoms with Gasteiger partial charge in [0.15, 0.2) is 17.6 Å². The number of aliphatic carboxylic acids is 1. The van der Waals surface area contributed by atoms with Crippen molar-refractivity contribution in [2.45, 2.75) is 37.9 Å². The fourth-order valence-electron chi connectivity index (χ4n) is 6.49. The highest BCUT2D eigenvalue weighted by Gasteiger charge is 2.48. The number of nitrogens with zero attached hydrogens (tertiary/aromatic N) is 4. The highest BCUT2D eigenvalue weighted by atomic mass is 35.5. The molecule has 0 radical (unpaired) electrons. The molecule has 3 saturated carbocycles. The number of aromatic nitrogens is 4. The van der Waals surface area contributed by atoms with Crippen LogP contribution in [0.1, 0.15) is 37.4 Å². The monoisotopic (exact) mass is 533 g/mol. The van der Waals surface area contributed by atoms with Gasteiger partial charge in [-0.25, -0.2) is 15.0 Å². The van der Waals surface area contributed by atoms with Gasteiger partial charge in [-0.2, -0.15) is 4.39 Å². The van der Waals surface area contributed by atoms with Crippen LogP contribution in [0.5, 0.6) is 0 Å². The molecule has 9 nitrogen and oxygen atoms in total. The second-order valence-corrected chi connectivity index (χ2v) is 10.7. The van der Waals surface area contributed by atoms with Gasteiger partial charge in [-0.05, 0) is 55.0 Å². The Balaban J connectivity index is 1.34. The maximum absolute atomic E-state index is 16.3. The Labute approximate surface area is 221 Å². The second-order valence-electron chi connectivity index (χ2n) is 10.3. The van der Waals surface area contributed by atoms with Crippen LogP contribution in [-0.2, 0) is 4.79 Å². The van der Waals surface area contributed by atoms with Gasteiger partial charge in [-0.15, -0.1) is 0 Å². The van der Waals surface area contributed by atoms with E-state index in [1.165, 1.54) is 6.20 Å². The van der Waals surface area contributed by atoms with Crippen molar-refractivity contribution < 1.29 is 14.3 Å². The van der Waals surface area contributed by atoms with Crippen molar-refractivity contribution in [3.05, 3.63) is 71.3 Å². The Morgan fingerprint density at radius 3 is 2.76 bits per heavy atom. The van der Waals surface area contributed by atoms with Gasteiger partial charge in [0.05, 0.1) is 17.6 Å². The van der Waals surface area contributed by atoms with Crippen molar-refractivity contribution in [2.24, 2.45) is 22.7 Å². The number of benzene rings is 1. The average molecular weight is 534 g/mol. The molecule has 3 aromatic heterocycles. The third kappa shape index (κ3) is 3.65. The van der Waals surface area contributed by atoms with E-state index in [9.17, 15) is 9.90 Å². The number of fused-ring (bicyclic) bond motifs is 5. The predicted octanol–water partition coefficient (Wildman–Crippen LogP) is 4.73. The van der Waals surface area contributed by atoms with Crippen LogP contribution in [0.15, 0.2) is 65.6 Å². The van der Waals surface area contributed by atoms with Crippen molar-refractivity contribution in [3.63, 3.8) is 0 Å². The Bertz CT molecular complexity index is 1630. The molecular weight excluding hydrogens is 509 g/mol. The molecule has 4 aliphatic rings. The SMILES string of the molecule is O=C(O)[C@H]1C2CCC(CC2)C1NC1=C(F)C(n2ccc3ccccc32)=NC(c2c[nH]c3ncc(Cl)nc23)N1. The van der Waals surface area contributed by atoms with Gasteiger partial charge in [0, 0.05) is 24.0 Å². The van der Waals surface area contributed by atoms with Gasteiger partial charge < -0.3 is 20.7 Å². The van der Waals surface area contributed by atoms with E-state index < -0.39 is 23.9 Å². The number of hydrogen-bond donors (Lipinski definition) is 4. The normalized spacial score (nSPS) is 27.0. The van der Waals surface area contributed by atoms with Gasteiger partial charge >= 0.3 is 5.97 Å². The minimum atomic E-state index is -0.836. The number of hydrogen-bond acceptors (Lipinski definition) is 6. The number of nitrogens with one attached hydrogen (secondary N) is 3. The van der Waals surface area contributed by atoms with E-state index >= 15 is 4.39 Å². The molecular formula is C27H25ClFN7O2. The molecule has 38 heavy (non-hydrogen) atoms. The molecule has 2 unspecified atom stereocenters. The maximum atomic E-state index is 16.3. The zero-order chi connectivity index (χ0) is 26.0. The van der Waals surface area contributed by atoms with Crippen LogP contribution < -0.4 is 10.6 Å². The Morgan fingerprint density at radius 1 is 1.16 bits per heavy atom. The topological polar surface area (TPSA) is 120 Å². The van der Waals surface area contributed by atoms with Crippen LogP contribution >= 0.6 is 11.6 Å². The van der Waals surface area contributed by atoms with E-state index in [0.717, 1.165) is 36.6 Å². The molecule has 2 bridgehead atoms. The van der Waals surface area contributed by atoms with Crippen molar-refractivity contribution in [1.82, 2.24) is 30.2 Å². The highest BCUT2D eigenvalue weighted by Crippen LogP contribution is 2.46. The first kappa shape index (κ1) is 23.2. The fourth-order valence-corrected chi connectivity index (χ4v) is 6.62. The lowest BCUT2D eigenvalue weighted by molar-refractivity contribution is -0.149. The number of halogens is 2. The summed E-state index contributed by atoms with van der Waals surface area (Å²) in [5, 5.41) is 17.7. The number of carbonyl (C=O) groups is 1. The maximum Gasteiger partial charge on any atom is 0.308 e. The molecule has 4 N–H and O–H groups in total. The standard InChI is InChI=1S/C27H25ClFN7O2/c28-18-12-31-25-22(32-18)16(11-30-25)23-34-24(33-21-15-7-5-14(6-8-15)19(21)27(37)38)20(29)26(35-23)36-10-9-13-3-1-2-4-17(13)36/h1-4,9-12,14-15,19,21,23,33-34H,5-8H2,(H,30,31)(H,37,38)/t14?,15?,19-,21?,23?/m0/s1. The summed E-state index contributed by atoms with van der Waals surface area (Å²) in [5.41, 5.74) is 2.52. The van der Waals surface area contributed by atoms with Crippen molar-refractivity contribution in [1.29, 1.82) is 0 Å². The molecule has 3 aliphatic carbocycles. The lowest BCUT2D eigenvalue weighted by Crippen LogP contribution is -2.56. The molecule has 3 fully saturated rings. The summed E-state index contributed by atoms with van der Waals surface area (Å²) in [4.78, 5) is 28.8. The number of carboxylic acid groups (broad SMARTS) is 1. The number of aromatic amines is 1. The molecule has 3 atom stereocenters. The van der Waals surface area contributed by atoms with Crippen molar-refractivity contribution in [2.75, 3.05) is 0 Å². The zero-order valence-corrected chi connectivity index (χ0v) is 21.0. The van der Waals surface area contributed by atoms with Crippen LogP contribution in [0.4, 0.5) is 4.39 Å². The highest BCUT2D eigenvalue weighted by molar-refractivity contribution is 6.29. The average Bonchev–Trinajstić information content (AvgIpc) is 3.54. The molecule has 4 heterocycles. The minimum Gasteiger partial charge on any atom is -0.481 e. The number of para-hydroxylation sites is 1. The van der Waals surface area contributed by atoms with E-state index in [1.54, 1.807) is 17.0 Å². The zero-order valence-electron chi connectivity index (χ0n) is 20.2. The Hall–Kier alpha value is -3.92. The van der Waals surface area contributed by atoms with E-state index in [0.29, 0.717) is 16.7 Å². The van der Waals surface area contributed by atoms with Crippen LogP contribution in [0, 0.1) is 17.8 Å². The van der Waals surface area contributed by atoms with E-state index in [2.05, 4.69) is 25.6 Å². The van der Waals surface area contributed by atoms with Crippen LogP contribution in [-0.4, -0.2) is 42.5 Å². The molecule has 1 aromatic carbocycles. The molecule has 194 valence electrons. The third-order valence-electron chi connectivity index (χ3n) is 8.27. The fraction of sp³-hybridized carbons (Fsp3) is 0.333. The van der Waals surface area contributed by atoms with E-state index in [4.69, 9.17) is 16.6 Å². The first-order chi connectivity index (χ1) is 18.5. The first-order valence-corrected chi connectivity index (χ1v) is 13.2. The first-order valence-electron chi connectivity index (χ1n) is 12.8. The van der Waals surface area contributed by atoms with Gasteiger partial charge in [-0.3, -0.25) is 9.36 Å². The largest absolute Gasteiger partial charge is 0.481 e. The summed E-state index contributed by atoms with van der Waals surface area (Å²) in [7, 11) is 0. The van der Waals surface area contributed by atoms with Crippen molar-refractivity contribution in [3.8, 4) is 0 Å². The van der Waals surface area contributed by atoms with Crippen LogP contribution in [0.25, 0.3) is 22.1 Å². The van der Waals surface area contributed by atoms with Crippen LogP contribution in [0.2, 0.25) is 5.15 Å². The van der Waals surface area contributed by atoms with Gasteiger partial charge in [0.1, 0.15) is 16.5 Å². The molecule has 4 aromatic rings. The summed E-state index contributed by atoms with van der Waals surface area (Å²) in [5.74, 6) is -1.48. The molecule has 11 heteroatoms. The van der Waals surface area contributed by atoms with Crippen LogP contribution in [0.3, 0.4) is 0 Å². The summed E-state index contributed by atoms with van der Waals surface area (Å²) in [6.45, 7) is 0. The molecule has 0 saturated heterocycles. The lowest BCUT2D eigenvalue weighted by atomic mass is 9.61. The summed E-state index contributed by atoms with van der Waals surface area (Å²) in [6, 6.07) is 9.22. The van der Waals surface area contributed by atoms with Gasteiger partial charge in [-0.1, -0.05) is 29.8 Å². The molecule has 1 aliphatic heterocycles. The summed E-state index contributed by atoms with van der Waals surface area (Å²) >= 11 is 6.14. The molecule has 0 spiro atoms. The van der Waals surface area contributed by atoms with E-state index in [-0.39, 0.29) is 34.7 Å². The smallest absolute Gasteiger partial charge is 0.308 e. The predicted molar refractivity (Wildman–Crippen MR) is 141 cm³/mol. The molecule has 0 amide bonds. The van der Waals surface area contributed by atoms with Crippen molar-refractivity contribution >= 4 is 45.5 Å². The lowest BCUT2D eigenvalue weighted by Gasteiger charge is -2.47. The summed E-state index contributed by atoms with van der Waals surface area (Å²) < 4.78 is 18.0. The third-order valence-corrected chi connectivity index (χ3v) is 8.45. The van der Waals surface area contributed by atoms with Gasteiger partial charge in [0.2, 0.25) is 5.83 Å². The number of aliphatic imine (C=N–C) groups is 1. The van der Waals surface area contributed by atoms with Gasteiger partial charge in [0.25, 0.3) is 0 Å². The number of carboxylic acids is 1. The van der Waals surface area contributed by atoms with E-state index in [1.807, 2.05) is 30.3 Å². The quantitative estimate of drug-likeness (QED) is 0.301. The summed E-state index contributed by atoms with van der Waals surface area (Å²) in [6.07, 6.45) is 7.92. The number of rotatable bonds is 4.